The molecule has 0 aliphatic carbocycles. The summed E-state index contributed by atoms with van der Waals surface area (Å²) in [5.41, 5.74) is -1.17. The second-order valence-electron chi connectivity index (χ2n) is 7.40. The number of alkyl halides is 3. The number of ketones is 1. The van der Waals surface area contributed by atoms with Gasteiger partial charge in [0.15, 0.2) is 11.5 Å². The lowest BCUT2D eigenvalue weighted by Crippen LogP contribution is -2.44. The molecule has 0 aliphatic rings. The van der Waals surface area contributed by atoms with Crippen LogP contribution in [0, 0.1) is 17.2 Å². The van der Waals surface area contributed by atoms with Crippen molar-refractivity contribution in [3.8, 4) is 11.8 Å². The number of nitrogens with zero attached hydrogens (tertiary/aromatic N) is 3. The van der Waals surface area contributed by atoms with E-state index >= 15 is 0 Å². The zero-order valence-corrected chi connectivity index (χ0v) is 17.2. The van der Waals surface area contributed by atoms with Crippen molar-refractivity contribution in [1.29, 1.82) is 5.26 Å². The van der Waals surface area contributed by atoms with Crippen LogP contribution in [0.25, 0.3) is 5.69 Å². The summed E-state index contributed by atoms with van der Waals surface area (Å²) in [6.07, 6.45) is -4.02. The van der Waals surface area contributed by atoms with Crippen molar-refractivity contribution in [2.24, 2.45) is 5.92 Å². The Morgan fingerprint density at radius 2 is 1.69 bits per heavy atom. The normalized spacial score (nSPS) is 12.3. The van der Waals surface area contributed by atoms with E-state index in [4.69, 9.17) is 5.26 Å². The minimum absolute atomic E-state index is 0.146. The monoisotopic (exact) mass is 440 g/mol. The van der Waals surface area contributed by atoms with Crippen LogP contribution in [0.5, 0.6) is 0 Å². The van der Waals surface area contributed by atoms with Gasteiger partial charge in [0, 0.05) is 5.56 Å². The number of rotatable bonds is 6. The highest BCUT2D eigenvalue weighted by atomic mass is 19.4. The van der Waals surface area contributed by atoms with Crippen molar-refractivity contribution < 1.29 is 22.8 Å². The second kappa shape index (κ2) is 9.06. The van der Waals surface area contributed by atoms with Crippen molar-refractivity contribution in [3.63, 3.8) is 0 Å². The van der Waals surface area contributed by atoms with E-state index in [2.05, 4.69) is 10.4 Å². The molecule has 32 heavy (non-hydrogen) atoms. The van der Waals surface area contributed by atoms with Crippen LogP contribution in [0.3, 0.4) is 0 Å². The highest BCUT2D eigenvalue weighted by Crippen LogP contribution is 2.33. The lowest BCUT2D eigenvalue weighted by molar-refractivity contribution is -0.143. The zero-order chi connectivity index (χ0) is 23.5. The van der Waals surface area contributed by atoms with Crippen LogP contribution in [0.4, 0.5) is 13.2 Å². The number of halogens is 3. The first kappa shape index (κ1) is 22.7. The first-order valence-electron chi connectivity index (χ1n) is 9.69. The molecular weight excluding hydrogens is 421 g/mol. The molecule has 0 bridgehead atoms. The fourth-order valence-corrected chi connectivity index (χ4v) is 3.19. The predicted octanol–water partition coefficient (Wildman–Crippen LogP) is 4.40. The number of carbonyl (C=O) groups excluding carboxylic acids is 2. The van der Waals surface area contributed by atoms with Gasteiger partial charge in [0.1, 0.15) is 0 Å². The Bertz CT molecular complexity index is 1160. The Kier molecular flexibility index (Phi) is 6.44. The molecule has 1 heterocycles. The third-order valence-electron chi connectivity index (χ3n) is 4.82. The van der Waals surface area contributed by atoms with Gasteiger partial charge in [0.2, 0.25) is 0 Å². The van der Waals surface area contributed by atoms with Gasteiger partial charge in [-0.05, 0) is 30.2 Å². The van der Waals surface area contributed by atoms with Gasteiger partial charge in [-0.2, -0.15) is 23.5 Å². The Morgan fingerprint density at radius 1 is 1.06 bits per heavy atom. The molecule has 3 aromatic rings. The second-order valence-corrected chi connectivity index (χ2v) is 7.40. The molecule has 164 valence electrons. The number of amides is 1. The Hall–Kier alpha value is -3.93. The summed E-state index contributed by atoms with van der Waals surface area (Å²) in [5, 5.41) is 15.1. The van der Waals surface area contributed by atoms with Crippen LogP contribution in [-0.2, 0) is 6.18 Å². The van der Waals surface area contributed by atoms with E-state index < -0.39 is 41.1 Å². The van der Waals surface area contributed by atoms with Crippen molar-refractivity contribution in [2.75, 3.05) is 0 Å². The van der Waals surface area contributed by atoms with E-state index in [-0.39, 0.29) is 11.3 Å². The average molecular weight is 440 g/mol. The summed E-state index contributed by atoms with van der Waals surface area (Å²) in [7, 11) is 0. The number of Topliss-reactive ketones (excluding diaryl/α,β-unsaturated/α-hetero) is 1. The highest BCUT2D eigenvalue weighted by Gasteiger charge is 2.41. The lowest BCUT2D eigenvalue weighted by Gasteiger charge is -2.21. The minimum Gasteiger partial charge on any atom is -0.341 e. The van der Waals surface area contributed by atoms with Crippen LogP contribution < -0.4 is 5.32 Å². The third-order valence-corrected chi connectivity index (χ3v) is 4.82. The van der Waals surface area contributed by atoms with Gasteiger partial charge >= 0.3 is 6.18 Å². The van der Waals surface area contributed by atoms with Crippen molar-refractivity contribution in [3.05, 3.63) is 83.2 Å². The first-order valence-corrected chi connectivity index (χ1v) is 9.69. The van der Waals surface area contributed by atoms with E-state index in [1.807, 2.05) is 6.07 Å². The number of para-hydroxylation sites is 1. The van der Waals surface area contributed by atoms with Gasteiger partial charge in [-0.15, -0.1) is 0 Å². The summed E-state index contributed by atoms with van der Waals surface area (Å²) < 4.78 is 42.2. The maximum atomic E-state index is 13.8. The molecule has 3 rings (SSSR count). The minimum atomic E-state index is -4.86. The zero-order valence-electron chi connectivity index (χ0n) is 17.2. The predicted molar refractivity (Wildman–Crippen MR) is 110 cm³/mol. The van der Waals surface area contributed by atoms with Gasteiger partial charge in [-0.25, -0.2) is 4.68 Å². The molecule has 1 unspecified atom stereocenters. The molecule has 6 nitrogen and oxygen atoms in total. The van der Waals surface area contributed by atoms with Gasteiger partial charge in [-0.1, -0.05) is 44.2 Å². The van der Waals surface area contributed by atoms with E-state index in [0.29, 0.717) is 10.2 Å². The van der Waals surface area contributed by atoms with Crippen LogP contribution in [0.15, 0.2) is 60.8 Å². The number of carbonyl (C=O) groups is 2. The summed E-state index contributed by atoms with van der Waals surface area (Å²) in [5.74, 6) is -1.93. The molecule has 0 saturated heterocycles. The Balaban J connectivity index is 1.94. The van der Waals surface area contributed by atoms with Crippen LogP contribution in [0.1, 0.15) is 45.8 Å². The molecule has 0 saturated carbocycles. The number of aromatic nitrogens is 2. The van der Waals surface area contributed by atoms with E-state index in [1.165, 1.54) is 36.4 Å². The maximum absolute atomic E-state index is 13.8. The molecule has 0 radical (unpaired) electrons. The smallest absolute Gasteiger partial charge is 0.341 e. The molecule has 1 atom stereocenters. The molecule has 1 aromatic heterocycles. The van der Waals surface area contributed by atoms with E-state index in [9.17, 15) is 22.8 Å². The van der Waals surface area contributed by atoms with Crippen LogP contribution in [-0.4, -0.2) is 27.5 Å². The van der Waals surface area contributed by atoms with E-state index in [1.54, 1.807) is 32.0 Å². The SMILES string of the molecule is CC(C)C(NC(=O)c1cnn(-c2ccccc2)c1C(F)(F)F)C(=O)c1ccc(C#N)cc1. The maximum Gasteiger partial charge on any atom is 0.434 e. The summed E-state index contributed by atoms with van der Waals surface area (Å²) in [6, 6.07) is 14.3. The highest BCUT2D eigenvalue weighted by molar-refractivity contribution is 6.04. The fraction of sp³-hybridized carbons (Fsp3) is 0.217. The van der Waals surface area contributed by atoms with Crippen molar-refractivity contribution in [1.82, 2.24) is 15.1 Å². The first-order chi connectivity index (χ1) is 15.1. The molecule has 0 fully saturated rings. The summed E-state index contributed by atoms with van der Waals surface area (Å²) in [4.78, 5) is 25.8. The van der Waals surface area contributed by atoms with Gasteiger partial charge in [0.25, 0.3) is 5.91 Å². The molecular formula is C23H19F3N4O2. The van der Waals surface area contributed by atoms with Gasteiger partial charge in [-0.3, -0.25) is 9.59 Å². The largest absolute Gasteiger partial charge is 0.434 e. The van der Waals surface area contributed by atoms with Gasteiger partial charge < -0.3 is 5.32 Å². The molecule has 0 spiro atoms. The van der Waals surface area contributed by atoms with Crippen LogP contribution >= 0.6 is 0 Å². The molecule has 9 heteroatoms. The number of benzene rings is 2. The molecule has 1 amide bonds. The fourth-order valence-electron chi connectivity index (χ4n) is 3.19. The Labute approximate surface area is 182 Å². The third kappa shape index (κ3) is 4.70. The standard InChI is InChI=1S/C23H19F3N4O2/c1-14(2)19(20(31)16-10-8-15(12-27)9-11-16)29-22(32)18-13-28-30(21(18)23(24,25)26)17-6-4-3-5-7-17/h3-11,13-14,19H,1-2H3,(H,29,32). The molecule has 2 aromatic carbocycles. The average Bonchev–Trinajstić information content (AvgIpc) is 3.23. The van der Waals surface area contributed by atoms with Crippen LogP contribution in [0.2, 0.25) is 0 Å². The number of nitriles is 1. The number of nitrogens with one attached hydrogen (secondary N) is 1. The van der Waals surface area contributed by atoms with Crippen molar-refractivity contribution >= 4 is 11.7 Å². The van der Waals surface area contributed by atoms with Crippen molar-refractivity contribution in [2.45, 2.75) is 26.1 Å². The topological polar surface area (TPSA) is 87.8 Å². The quantitative estimate of drug-likeness (QED) is 0.576. The molecule has 1 N–H and O–H groups in total. The summed E-state index contributed by atoms with van der Waals surface area (Å²) in [6.45, 7) is 3.34. The number of hydrogen-bond acceptors (Lipinski definition) is 4. The van der Waals surface area contributed by atoms with E-state index in [0.717, 1.165) is 6.20 Å². The lowest BCUT2D eigenvalue weighted by atomic mass is 9.94. The summed E-state index contributed by atoms with van der Waals surface area (Å²) >= 11 is 0. The number of hydrogen-bond donors (Lipinski definition) is 1. The van der Waals surface area contributed by atoms with Gasteiger partial charge in [0.05, 0.1) is 35.1 Å². The Morgan fingerprint density at radius 3 is 2.22 bits per heavy atom. The molecule has 0 aliphatic heterocycles.